The number of nitrogens with two attached hydrogens (primary N) is 3. The minimum Gasteiger partial charge on any atom is -0.481 e. The van der Waals surface area contributed by atoms with Gasteiger partial charge < -0.3 is 128 Å². The predicted octanol–water partition coefficient (Wildman–Crippen LogP) is -3.57. The van der Waals surface area contributed by atoms with Gasteiger partial charge in [-0.25, -0.2) is 14.8 Å². The Labute approximate surface area is 803 Å². The van der Waals surface area contributed by atoms with Crippen LogP contribution in [0.5, 0.6) is 0 Å². The Morgan fingerprint density at radius 1 is 0.431 bits per heavy atom. The van der Waals surface area contributed by atoms with E-state index in [1.807, 2.05) is 0 Å². The lowest BCUT2D eigenvalue weighted by atomic mass is 9.95. The van der Waals surface area contributed by atoms with Crippen LogP contribution >= 0.6 is 24.4 Å². The average Bonchev–Trinajstić information content (AvgIpc) is 1.03. The highest BCUT2D eigenvalue weighted by atomic mass is 32.2. The van der Waals surface area contributed by atoms with E-state index in [1.165, 1.54) is 36.8 Å². The zero-order valence-corrected chi connectivity index (χ0v) is 79.8. The number of thiol groups is 1. The molecular weight excluding hydrogens is 1820 g/mol. The number of aliphatic carboxylic acids is 2. The number of rotatable bonds is 62. The van der Waals surface area contributed by atoms with E-state index in [0.717, 1.165) is 0 Å². The fourth-order valence-corrected chi connectivity index (χ4v) is 14.8. The number of hydrogen-bond donors (Lipinski definition) is 26. The molecular formula is C90H132N24O21S2. The Morgan fingerprint density at radius 3 is 1.15 bits per heavy atom. The predicted molar refractivity (Wildman–Crippen MR) is 508 cm³/mol. The van der Waals surface area contributed by atoms with E-state index in [1.54, 1.807) is 153 Å². The van der Waals surface area contributed by atoms with Gasteiger partial charge in [0.25, 0.3) is 0 Å². The number of aliphatic hydroxyl groups is 1. The number of aromatic nitrogens is 4. The summed E-state index contributed by atoms with van der Waals surface area (Å²) < 4.78 is 0. The minimum absolute atomic E-state index is 0.00818. The zero-order chi connectivity index (χ0) is 102. The largest absolute Gasteiger partial charge is 0.481 e. The number of aliphatic hydroxyl groups excluding tert-OH is 1. The van der Waals surface area contributed by atoms with Crippen molar-refractivity contribution in [1.29, 1.82) is 5.41 Å². The van der Waals surface area contributed by atoms with Gasteiger partial charge in [0.15, 0.2) is 5.96 Å². The number of imidazole rings is 2. The fraction of sp³-hybridized carbons (Fsp3) is 0.522. The van der Waals surface area contributed by atoms with Crippen molar-refractivity contribution in [1.82, 2.24) is 105 Å². The molecule has 0 aliphatic rings. The summed E-state index contributed by atoms with van der Waals surface area (Å²) in [5.41, 5.74) is 18.9. The molecule has 5 aromatic rings. The smallest absolute Gasteiger partial charge is 0.326 e. The molecule has 0 unspecified atom stereocenters. The molecule has 0 aliphatic heterocycles. The maximum absolute atomic E-state index is 15.2. The van der Waals surface area contributed by atoms with Crippen LogP contribution in [0.3, 0.4) is 0 Å². The van der Waals surface area contributed by atoms with Gasteiger partial charge in [-0.15, -0.1) is 0 Å². The van der Waals surface area contributed by atoms with Gasteiger partial charge >= 0.3 is 11.9 Å². The topological polar surface area (TPSA) is 720 Å². The lowest BCUT2D eigenvalue weighted by molar-refractivity contribution is -0.143. The summed E-state index contributed by atoms with van der Waals surface area (Å²) >= 11 is 5.70. The third-order valence-corrected chi connectivity index (χ3v) is 22.7. The SMILES string of the molecule is CC[C@H](C)[C@H](NC(=O)[C@H](CC(C)C)NC(=O)[C@H](CCCNC(=N)N)NC(=O)[C@H](Cc1cnc[nH]1)NC(=O)[C@H](Cc1cnc[nH]1)NC(=O)[C@H](CO)NC(=O)[C@@H](NC(=O)CN)C(C)C)C(=O)N[C@@H](Cc1ccccc1)C(=O)N[C@@H](CC(N)=O)C(=O)N[C@@H](Cc1ccccc1)C(=O)N[C@@H](CS)C(=O)N[C@@H](CC(C)C)C(=O)N[C@@H](Cc1ccccc1)C(=O)N[C@@H](CCC(=O)O)C(=O)N[C@@H](CCSC)C(=O)O. The number of nitrogens with zero attached hydrogens (tertiary/aromatic N) is 2. The number of carbonyl (C=O) groups is 18. The van der Waals surface area contributed by atoms with E-state index in [0.29, 0.717) is 33.8 Å². The third kappa shape index (κ3) is 40.9. The van der Waals surface area contributed by atoms with Crippen LogP contribution in [0.1, 0.15) is 141 Å². The van der Waals surface area contributed by atoms with Crippen molar-refractivity contribution in [3.05, 3.63) is 144 Å². The molecule has 137 heavy (non-hydrogen) atoms. The van der Waals surface area contributed by atoms with Crippen LogP contribution in [0.2, 0.25) is 0 Å². The van der Waals surface area contributed by atoms with E-state index >= 15 is 19.2 Å². The van der Waals surface area contributed by atoms with Crippen LogP contribution in [0, 0.1) is 29.1 Å². The highest BCUT2D eigenvalue weighted by molar-refractivity contribution is 7.98. The summed E-state index contributed by atoms with van der Waals surface area (Å²) in [6, 6.07) is 1.30. The summed E-state index contributed by atoms with van der Waals surface area (Å²) in [4.78, 5) is 267. The van der Waals surface area contributed by atoms with Crippen LogP contribution in [0.25, 0.3) is 0 Å². The average molecular weight is 1950 g/mol. The number of benzene rings is 3. The molecule has 2 heterocycles. The Bertz CT molecular complexity index is 4810. The number of nitrogens with one attached hydrogen (secondary N) is 19. The van der Waals surface area contributed by atoms with Gasteiger partial charge in [0, 0.05) is 74.6 Å². The number of carboxylic acids is 2. The molecule has 0 fully saturated rings. The highest BCUT2D eigenvalue weighted by Crippen LogP contribution is 2.18. The van der Waals surface area contributed by atoms with Crippen molar-refractivity contribution in [2.24, 2.45) is 40.9 Å². The second kappa shape index (κ2) is 59.3. The van der Waals surface area contributed by atoms with Crippen molar-refractivity contribution < 1.29 is 102 Å². The first-order valence-electron chi connectivity index (χ1n) is 44.9. The molecule has 3 aromatic carbocycles. The molecule has 0 saturated heterocycles. The molecule has 28 N–H and O–H groups in total. The second-order valence-electron chi connectivity index (χ2n) is 34.1. The van der Waals surface area contributed by atoms with E-state index in [4.69, 9.17) is 22.6 Å². The monoisotopic (exact) mass is 1950 g/mol. The van der Waals surface area contributed by atoms with E-state index in [9.17, 15) is 82.4 Å². The lowest BCUT2D eigenvalue weighted by Crippen LogP contribution is -2.62. The lowest BCUT2D eigenvalue weighted by Gasteiger charge is -2.30. The molecule has 0 radical (unpaired) electrons. The third-order valence-electron chi connectivity index (χ3n) is 21.7. The van der Waals surface area contributed by atoms with E-state index in [2.05, 4.69) is 118 Å². The standard InChI is InChI=1S/C90H132N24O21S2/c1-10-51(8)74(114-84(129)61(34-49(4)5)103-75(120)57(27-20-31-97-90(93)94)100-81(126)65(38-55-42-95-46-98-55)107-82(127)66(39-56-43-96-47-99-56)108-85(130)68(44-115)111-87(132)73(50(6)7)113-71(117)41-91)88(133)110-64(37-54-25-18-13-19-26-54)79(124)109-67(40-70(92)116)83(128)106-63(36-53-23-16-12-17-24-53)80(125)112-69(45-136)86(131)104-60(33-48(2)3)77(122)105-62(35-52-21-14-11-15-22-52)78(123)101-58(28-29-72(118)119)76(121)102-59(89(134)135)30-32-137-9/h11-19,21-26,42-43,46-51,57-69,73-74,115,136H,10,20,27-41,44-45,91H2,1-9H3,(H2,92,116)(H,95,98)(H,96,99)(H,100,126)(H,101,123)(H,102,121)(H,103,120)(H,104,131)(H,105,122)(H,106,128)(H,107,127)(H,108,130)(H,109,124)(H,110,133)(H,111,132)(H,112,125)(H,113,117)(H,114,129)(H,118,119)(H,134,135)(H4,93,94,97)/t51-,57-,58-,59-,60-,61-,62-,63-,64-,65-,66-,67-,68-,69-,73-,74-/m0/s1. The number of amides is 16. The molecule has 16 amide bonds. The fourth-order valence-electron chi connectivity index (χ4n) is 14.1. The zero-order valence-electron chi connectivity index (χ0n) is 78.0. The van der Waals surface area contributed by atoms with E-state index < -0.39 is 253 Å². The molecule has 2 aromatic heterocycles. The molecule has 0 spiro atoms. The normalized spacial score (nSPS) is 14.7. The first-order chi connectivity index (χ1) is 65.1. The van der Waals surface area contributed by atoms with Crippen molar-refractivity contribution in [3.8, 4) is 0 Å². The van der Waals surface area contributed by atoms with Crippen LogP contribution in [0.15, 0.2) is 116 Å². The summed E-state index contributed by atoms with van der Waals surface area (Å²) in [5, 5.41) is 79.0. The van der Waals surface area contributed by atoms with Gasteiger partial charge in [-0.2, -0.15) is 24.4 Å². The Hall–Kier alpha value is -13.6. The van der Waals surface area contributed by atoms with Gasteiger partial charge in [-0.1, -0.05) is 153 Å². The maximum atomic E-state index is 15.2. The first-order valence-corrected chi connectivity index (χ1v) is 46.9. The number of primary amides is 1. The number of carboxylic acid groups (broad SMARTS) is 2. The number of carbonyl (C=O) groups excluding carboxylic acids is 16. The summed E-state index contributed by atoms with van der Waals surface area (Å²) in [6.45, 7) is 12.0. The highest BCUT2D eigenvalue weighted by Gasteiger charge is 2.41. The van der Waals surface area contributed by atoms with Gasteiger partial charge in [0.2, 0.25) is 94.5 Å². The van der Waals surface area contributed by atoms with Crippen molar-refractivity contribution in [3.63, 3.8) is 0 Å². The number of thioether (sulfide) groups is 1. The number of H-pyrrole nitrogens is 2. The van der Waals surface area contributed by atoms with Crippen LogP contribution in [-0.2, 0) is 118 Å². The van der Waals surface area contributed by atoms with Crippen molar-refractivity contribution in [2.45, 2.75) is 236 Å². The summed E-state index contributed by atoms with van der Waals surface area (Å²) in [6.07, 6.45) is 3.41. The number of guanidine groups is 1. The molecule has 0 bridgehead atoms. The first kappa shape index (κ1) is 114. The minimum atomic E-state index is -1.91. The van der Waals surface area contributed by atoms with Crippen molar-refractivity contribution in [2.75, 3.05) is 37.5 Å². The maximum Gasteiger partial charge on any atom is 0.326 e. The Balaban J connectivity index is 1.42. The van der Waals surface area contributed by atoms with Crippen molar-refractivity contribution >= 4 is 137 Å². The molecule has 0 saturated carbocycles. The molecule has 750 valence electrons. The van der Waals surface area contributed by atoms with Gasteiger partial charge in [-0.05, 0) is 90.9 Å². The molecule has 45 nitrogen and oxygen atoms in total. The van der Waals surface area contributed by atoms with Gasteiger partial charge in [0.05, 0.1) is 32.2 Å². The quantitative estimate of drug-likeness (QED) is 0.00775. The number of aromatic amines is 2. The van der Waals surface area contributed by atoms with Crippen LogP contribution in [0.4, 0.5) is 0 Å². The molecule has 16 atom stereocenters. The van der Waals surface area contributed by atoms with E-state index in [-0.39, 0.29) is 89.0 Å². The van der Waals surface area contributed by atoms with Crippen LogP contribution in [-0.4, -0.2) is 276 Å². The van der Waals surface area contributed by atoms with Gasteiger partial charge in [0.1, 0.15) is 90.6 Å². The van der Waals surface area contributed by atoms with Crippen LogP contribution < -0.4 is 102 Å². The molecule has 47 heteroatoms. The summed E-state index contributed by atoms with van der Waals surface area (Å²) in [7, 11) is 0. The Morgan fingerprint density at radius 2 is 0.781 bits per heavy atom. The second-order valence-corrected chi connectivity index (χ2v) is 35.5. The number of hydrogen-bond acceptors (Lipinski definition) is 25. The van der Waals surface area contributed by atoms with Gasteiger partial charge in [-0.3, -0.25) is 86.9 Å². The molecule has 5 rings (SSSR count). The molecule has 0 aliphatic carbocycles. The Kier molecular flexibility index (Phi) is 49.3. The summed E-state index contributed by atoms with van der Waals surface area (Å²) in [5.74, 6) is -20.9.